The lowest BCUT2D eigenvalue weighted by Gasteiger charge is -2.38. The predicted molar refractivity (Wildman–Crippen MR) is 140 cm³/mol. The second-order valence-corrected chi connectivity index (χ2v) is 13.1. The van der Waals surface area contributed by atoms with Crippen LogP contribution in [0.25, 0.3) is 0 Å². The largest absolute Gasteiger partial charge is 0.598 e. The molecule has 3 rings (SSSR count). The molecular formula is C26H39ClN2O5S. The zero-order valence-corrected chi connectivity index (χ0v) is 23.3. The Morgan fingerprint density at radius 3 is 2.60 bits per heavy atom. The molecule has 1 amide bonds. The molecule has 9 heteroatoms. The Balaban J connectivity index is 1.82. The Morgan fingerprint density at radius 1 is 1.40 bits per heavy atom. The molecule has 0 aromatic heterocycles. The Bertz CT molecular complexity index is 912. The summed E-state index contributed by atoms with van der Waals surface area (Å²) in [4.78, 5) is 14.9. The van der Waals surface area contributed by atoms with Gasteiger partial charge in [-0.05, 0) is 78.0 Å². The lowest BCUT2D eigenvalue weighted by Crippen LogP contribution is -2.48. The second-order valence-electron chi connectivity index (χ2n) is 10.7. The molecule has 1 N–H and O–H groups in total. The Kier molecular flexibility index (Phi) is 9.21. The summed E-state index contributed by atoms with van der Waals surface area (Å²) in [5.41, 5.74) is 1.85. The highest BCUT2D eigenvalue weighted by atomic mass is 35.5. The summed E-state index contributed by atoms with van der Waals surface area (Å²) in [6.07, 6.45) is 2.63. The fraction of sp³-hybridized carbons (Fsp3) is 0.654. The van der Waals surface area contributed by atoms with E-state index in [0.29, 0.717) is 30.5 Å². The minimum Gasteiger partial charge on any atom is -0.598 e. The van der Waals surface area contributed by atoms with Crippen molar-refractivity contribution >= 4 is 28.9 Å². The van der Waals surface area contributed by atoms with Crippen LogP contribution in [0.3, 0.4) is 0 Å². The maximum absolute atomic E-state index is 13.2. The van der Waals surface area contributed by atoms with Gasteiger partial charge in [0.1, 0.15) is 17.1 Å². The van der Waals surface area contributed by atoms with E-state index in [4.69, 9.17) is 25.8 Å². The fourth-order valence-corrected chi connectivity index (χ4v) is 5.43. The molecule has 2 heterocycles. The zero-order valence-electron chi connectivity index (χ0n) is 21.7. The van der Waals surface area contributed by atoms with Crippen LogP contribution >= 0.6 is 11.6 Å². The minimum atomic E-state index is -1.30. The van der Waals surface area contributed by atoms with E-state index in [1.807, 2.05) is 58.6 Å². The molecule has 0 radical (unpaired) electrons. The van der Waals surface area contributed by atoms with Gasteiger partial charge >= 0.3 is 0 Å². The molecule has 3 atom stereocenters. The predicted octanol–water partition coefficient (Wildman–Crippen LogP) is 4.70. The van der Waals surface area contributed by atoms with E-state index < -0.39 is 28.0 Å². The van der Waals surface area contributed by atoms with Gasteiger partial charge in [-0.25, -0.2) is 0 Å². The fourth-order valence-electron chi connectivity index (χ4n) is 4.37. The first-order chi connectivity index (χ1) is 16.3. The Hall–Kier alpha value is -1.29. The number of nitrogens with one attached hydrogen (secondary N) is 1. The van der Waals surface area contributed by atoms with E-state index in [9.17, 15) is 9.35 Å². The topological polar surface area (TPSA) is 83.1 Å². The summed E-state index contributed by atoms with van der Waals surface area (Å²) < 4.78 is 33.5. The lowest BCUT2D eigenvalue weighted by atomic mass is 9.85. The first-order valence-corrected chi connectivity index (χ1v) is 13.7. The van der Waals surface area contributed by atoms with Gasteiger partial charge in [0.05, 0.1) is 12.6 Å². The van der Waals surface area contributed by atoms with Gasteiger partial charge in [0.25, 0.3) is 5.91 Å². The SMILES string of the molecule is C=CCOc1cc(Cl)c(C)cc1[C@H](N[S@@+]([O-])C(C)(C)C)C1CCN(C(=O)[C@H]2COC(C)(C)O2)CC1. The molecule has 2 saturated heterocycles. The number of aryl methyl sites for hydroxylation is 1. The molecule has 2 aliphatic rings. The van der Waals surface area contributed by atoms with Gasteiger partial charge in [-0.2, -0.15) is 0 Å². The van der Waals surface area contributed by atoms with Gasteiger partial charge in [0, 0.05) is 35.0 Å². The minimum absolute atomic E-state index is 0.0332. The van der Waals surface area contributed by atoms with E-state index in [1.54, 1.807) is 6.08 Å². The summed E-state index contributed by atoms with van der Waals surface area (Å²) in [6, 6.07) is 3.61. The van der Waals surface area contributed by atoms with Crippen molar-refractivity contribution in [3.05, 3.63) is 40.9 Å². The molecule has 0 bridgehead atoms. The van der Waals surface area contributed by atoms with Crippen LogP contribution < -0.4 is 9.46 Å². The zero-order chi connectivity index (χ0) is 26.0. The number of piperidine rings is 1. The first-order valence-electron chi connectivity index (χ1n) is 12.1. The van der Waals surface area contributed by atoms with Crippen molar-refractivity contribution in [1.29, 1.82) is 0 Å². The molecule has 7 nitrogen and oxygen atoms in total. The molecule has 1 aromatic rings. The number of likely N-dealkylation sites (tertiary alicyclic amines) is 1. The van der Waals surface area contributed by atoms with E-state index >= 15 is 0 Å². The lowest BCUT2D eigenvalue weighted by molar-refractivity contribution is -0.161. The summed E-state index contributed by atoms with van der Waals surface area (Å²) >= 11 is 5.12. The Labute approximate surface area is 217 Å². The molecule has 35 heavy (non-hydrogen) atoms. The average Bonchev–Trinajstić information content (AvgIpc) is 3.16. The molecule has 2 fully saturated rings. The maximum atomic E-state index is 13.2. The highest BCUT2D eigenvalue weighted by Gasteiger charge is 2.41. The van der Waals surface area contributed by atoms with Gasteiger partial charge in [-0.1, -0.05) is 24.3 Å². The third kappa shape index (κ3) is 7.14. The highest BCUT2D eigenvalue weighted by molar-refractivity contribution is 7.90. The molecule has 0 saturated carbocycles. The highest BCUT2D eigenvalue weighted by Crippen LogP contribution is 2.40. The molecule has 196 valence electrons. The van der Waals surface area contributed by atoms with Gasteiger partial charge in [-0.15, -0.1) is 4.72 Å². The standard InChI is InChI=1S/C26H39ClN2O5S/c1-8-13-32-21-15-20(27)17(2)14-19(21)23(28-35(31)25(3,4)5)18-9-11-29(12-10-18)24(30)22-16-33-26(6,7)34-22/h8,14-15,18,22-23,28H,1,9-13,16H2,2-7H3/t22-,23-,35+/m1/s1. The van der Waals surface area contributed by atoms with Crippen molar-refractivity contribution in [2.45, 2.75) is 77.1 Å². The number of hydrogen-bond donors (Lipinski definition) is 1. The number of nitrogens with zero attached hydrogens (tertiary/aromatic N) is 1. The molecule has 0 aliphatic carbocycles. The number of rotatable bonds is 8. The molecule has 2 aliphatic heterocycles. The summed E-state index contributed by atoms with van der Waals surface area (Å²) in [5, 5.41) is 0.616. The van der Waals surface area contributed by atoms with E-state index in [-0.39, 0.29) is 24.5 Å². The van der Waals surface area contributed by atoms with Crippen LogP contribution in [-0.2, 0) is 25.6 Å². The normalized spacial score (nSPS) is 22.6. The summed E-state index contributed by atoms with van der Waals surface area (Å²) in [5.74, 6) is 0.0309. The molecule has 0 unspecified atom stereocenters. The van der Waals surface area contributed by atoms with Crippen LogP contribution in [-0.4, -0.2) is 58.3 Å². The number of carbonyl (C=O) groups excluding carboxylic acids is 1. The van der Waals surface area contributed by atoms with Crippen LogP contribution in [0, 0.1) is 12.8 Å². The maximum Gasteiger partial charge on any atom is 0.254 e. The number of carbonyl (C=O) groups is 1. The van der Waals surface area contributed by atoms with Gasteiger partial charge in [0.2, 0.25) is 0 Å². The summed E-state index contributed by atoms with van der Waals surface area (Å²) in [6.45, 7) is 17.0. The van der Waals surface area contributed by atoms with Gasteiger partial charge in [0.15, 0.2) is 11.9 Å². The first kappa shape index (κ1) is 28.3. The monoisotopic (exact) mass is 526 g/mol. The van der Waals surface area contributed by atoms with Crippen molar-refractivity contribution in [2.75, 3.05) is 26.3 Å². The van der Waals surface area contributed by atoms with Crippen molar-refractivity contribution in [3.8, 4) is 5.75 Å². The van der Waals surface area contributed by atoms with Crippen molar-refractivity contribution in [2.24, 2.45) is 5.92 Å². The van der Waals surface area contributed by atoms with Crippen molar-refractivity contribution in [3.63, 3.8) is 0 Å². The Morgan fingerprint density at radius 2 is 2.06 bits per heavy atom. The number of halogens is 1. The second kappa shape index (κ2) is 11.4. The van der Waals surface area contributed by atoms with E-state index in [0.717, 1.165) is 24.0 Å². The third-order valence-electron chi connectivity index (χ3n) is 6.38. The smallest absolute Gasteiger partial charge is 0.254 e. The van der Waals surface area contributed by atoms with Crippen LogP contribution in [0.15, 0.2) is 24.8 Å². The molecule has 0 spiro atoms. The van der Waals surface area contributed by atoms with Crippen LogP contribution in [0.5, 0.6) is 5.75 Å². The van der Waals surface area contributed by atoms with E-state index in [2.05, 4.69) is 11.3 Å². The number of ether oxygens (including phenoxy) is 3. The van der Waals surface area contributed by atoms with Gasteiger partial charge < -0.3 is 23.7 Å². The summed E-state index contributed by atoms with van der Waals surface area (Å²) in [7, 11) is 0. The number of benzene rings is 1. The molecular weight excluding hydrogens is 488 g/mol. The van der Waals surface area contributed by atoms with Crippen LogP contribution in [0.2, 0.25) is 5.02 Å². The third-order valence-corrected chi connectivity index (χ3v) is 8.37. The van der Waals surface area contributed by atoms with Crippen molar-refractivity contribution in [1.82, 2.24) is 9.62 Å². The van der Waals surface area contributed by atoms with E-state index in [1.165, 1.54) is 0 Å². The van der Waals surface area contributed by atoms with Crippen LogP contribution in [0.4, 0.5) is 0 Å². The van der Waals surface area contributed by atoms with Crippen LogP contribution in [0.1, 0.15) is 64.6 Å². The van der Waals surface area contributed by atoms with Crippen molar-refractivity contribution < 1.29 is 23.6 Å². The average molecular weight is 527 g/mol. The molecule has 1 aromatic carbocycles. The quantitative estimate of drug-likeness (QED) is 0.390. The van der Waals surface area contributed by atoms with Gasteiger partial charge in [-0.3, -0.25) is 4.79 Å². The number of amides is 1. The number of hydrogen-bond acceptors (Lipinski definition) is 6.